The molecule has 1 aromatic carbocycles. The predicted molar refractivity (Wildman–Crippen MR) is 300 cm³/mol. The third-order valence-corrected chi connectivity index (χ3v) is 12.8. The average molecular weight is 1100 g/mol. The molecule has 25 heteroatoms. The van der Waals surface area contributed by atoms with Crippen molar-refractivity contribution in [3.63, 3.8) is 0 Å². The Morgan fingerprint density at radius 1 is 0.782 bits per heavy atom. The average Bonchev–Trinajstić information content (AvgIpc) is 3.90. The molecular weight excluding hydrogens is 1010 g/mol. The number of nitrogens with zero attached hydrogens (tertiary/aromatic N) is 3. The van der Waals surface area contributed by atoms with Gasteiger partial charge < -0.3 is 72.3 Å². The SMILES string of the molecule is CCC.CCC(C)C(C(CC(=O)N1CCCC1C(OC)C(C)C(=O)NC(CN)Cc1ccc(NC(=O)CNC(=O)CNC)cc1)OC)N(C)C(=O)CNC(=O)C(C(C)C)N(C)C.[B]CC(=O)NCC(=O)NCC(=O)NCC=O. The van der Waals surface area contributed by atoms with Gasteiger partial charge in [0, 0.05) is 46.1 Å². The minimum Gasteiger partial charge on any atom is -0.379 e. The number of anilines is 1. The summed E-state index contributed by atoms with van der Waals surface area (Å²) in [4.78, 5) is 126. The third-order valence-electron chi connectivity index (χ3n) is 12.8. The van der Waals surface area contributed by atoms with Crippen molar-refractivity contribution in [1.82, 2.24) is 51.9 Å². The van der Waals surface area contributed by atoms with Gasteiger partial charge in [-0.25, -0.2) is 0 Å². The molecule has 10 N–H and O–H groups in total. The molecule has 8 atom stereocenters. The van der Waals surface area contributed by atoms with Gasteiger partial charge >= 0.3 is 0 Å². The summed E-state index contributed by atoms with van der Waals surface area (Å²) < 4.78 is 11.9. The van der Waals surface area contributed by atoms with Crippen LogP contribution in [0, 0.1) is 17.8 Å². The topological polar surface area (TPSA) is 321 Å². The molecule has 2 rings (SSSR count). The van der Waals surface area contributed by atoms with Gasteiger partial charge in [-0.3, -0.25) is 48.1 Å². The number of nitrogens with two attached hydrogens (primary N) is 1. The molecule has 440 valence electrons. The number of methoxy groups -OCH3 is 2. The zero-order valence-electron chi connectivity index (χ0n) is 48.6. The van der Waals surface area contributed by atoms with Crippen molar-refractivity contribution in [3.8, 4) is 0 Å². The highest BCUT2D eigenvalue weighted by atomic mass is 16.5. The van der Waals surface area contributed by atoms with E-state index in [0.29, 0.717) is 31.4 Å². The highest BCUT2D eigenvalue weighted by molar-refractivity contribution is 6.19. The Bertz CT molecular complexity index is 2010. The third kappa shape index (κ3) is 27.0. The maximum absolute atomic E-state index is 14.1. The number of nitrogens with one attached hydrogen (secondary N) is 8. The van der Waals surface area contributed by atoms with Crippen LogP contribution in [0.1, 0.15) is 86.1 Å². The fraction of sp³-hybridized carbons (Fsp3) is 0.698. The van der Waals surface area contributed by atoms with Crippen LogP contribution in [0.15, 0.2) is 24.3 Å². The zero-order chi connectivity index (χ0) is 59.5. The molecule has 1 aliphatic heterocycles. The number of carbonyl (C=O) groups excluding carboxylic acids is 10. The van der Waals surface area contributed by atoms with Gasteiger partial charge in [-0.1, -0.05) is 73.4 Å². The molecule has 1 aromatic rings. The van der Waals surface area contributed by atoms with Crippen LogP contribution < -0.4 is 48.3 Å². The highest BCUT2D eigenvalue weighted by Gasteiger charge is 2.42. The van der Waals surface area contributed by atoms with Crippen LogP contribution in [0.25, 0.3) is 0 Å². The fourth-order valence-electron chi connectivity index (χ4n) is 8.70. The standard InChI is InChI=1S/C42H73N9O8.C8H12BN3O4.C3H8/c1-12-27(4)39(50(9)37(55)25-46-42(57)38(26(2)3)49(7)8)33(58-10)21-36(54)51-19-13-14-32(51)40(59-11)28(5)41(56)48-31(22-43)20-29-15-17-30(18-16-29)47-35(53)24-45-34(52)23-44-6;9-3-6(14)11-5-8(16)12-4-7(15)10-1-2-13;1-3-2/h15-18,26-28,31-33,38-40,44H,12-14,19-25,43H2,1-11H3,(H,45,52)(H,46,57)(H,47,53)(H,48,56);2H,1,3-5H2,(H,10,15)(H,11,14)(H,12,16);3H2,1-2H3. The zero-order valence-corrected chi connectivity index (χ0v) is 48.6. The van der Waals surface area contributed by atoms with Crippen LogP contribution in [0.2, 0.25) is 6.32 Å². The van der Waals surface area contributed by atoms with Gasteiger partial charge in [0.2, 0.25) is 53.2 Å². The van der Waals surface area contributed by atoms with E-state index in [1.165, 1.54) is 6.42 Å². The van der Waals surface area contributed by atoms with Crippen molar-refractivity contribution < 1.29 is 57.4 Å². The molecule has 2 radical (unpaired) electrons. The van der Waals surface area contributed by atoms with E-state index in [0.717, 1.165) is 18.4 Å². The molecule has 0 bridgehead atoms. The summed E-state index contributed by atoms with van der Waals surface area (Å²) in [6, 6.07) is 5.61. The van der Waals surface area contributed by atoms with E-state index < -0.39 is 41.9 Å². The first-order chi connectivity index (χ1) is 36.9. The lowest BCUT2D eigenvalue weighted by atomic mass is 9.90. The van der Waals surface area contributed by atoms with Gasteiger partial charge in [-0.2, -0.15) is 0 Å². The maximum atomic E-state index is 14.1. The molecule has 0 spiro atoms. The van der Waals surface area contributed by atoms with Crippen LogP contribution in [-0.2, 0) is 63.8 Å². The fourth-order valence-corrected chi connectivity index (χ4v) is 8.70. The molecule has 0 aliphatic carbocycles. The first-order valence-electron chi connectivity index (χ1n) is 26.7. The minimum absolute atomic E-state index is 0.0179. The number of likely N-dealkylation sites (N-methyl/N-ethyl adjacent to an activating group) is 3. The lowest BCUT2D eigenvalue weighted by molar-refractivity contribution is -0.146. The van der Waals surface area contributed by atoms with Crippen LogP contribution in [0.4, 0.5) is 5.69 Å². The maximum Gasteiger partial charge on any atom is 0.243 e. The minimum atomic E-state index is -0.623. The van der Waals surface area contributed by atoms with E-state index in [-0.39, 0.29) is 124 Å². The van der Waals surface area contributed by atoms with Crippen LogP contribution in [0.3, 0.4) is 0 Å². The summed E-state index contributed by atoms with van der Waals surface area (Å²) in [7, 11) is 15.1. The summed E-state index contributed by atoms with van der Waals surface area (Å²) in [5, 5.41) is 20.6. The first kappa shape index (κ1) is 72.0. The second kappa shape index (κ2) is 40.2. The Labute approximate surface area is 464 Å². The molecule has 9 amide bonds. The number of aldehydes is 1. The van der Waals surface area contributed by atoms with E-state index in [9.17, 15) is 47.9 Å². The van der Waals surface area contributed by atoms with Crippen molar-refractivity contribution in [2.24, 2.45) is 23.5 Å². The van der Waals surface area contributed by atoms with Gasteiger partial charge in [0.05, 0.1) is 89.8 Å². The van der Waals surface area contributed by atoms with Crippen LogP contribution in [0.5, 0.6) is 0 Å². The molecule has 1 fully saturated rings. The summed E-state index contributed by atoms with van der Waals surface area (Å²) in [6.07, 6.45) is 2.95. The molecule has 78 heavy (non-hydrogen) atoms. The number of rotatable bonds is 32. The van der Waals surface area contributed by atoms with Crippen LogP contribution in [-0.4, -0.2) is 213 Å². The quantitative estimate of drug-likeness (QED) is 0.0312. The Morgan fingerprint density at radius 3 is 1.85 bits per heavy atom. The van der Waals surface area contributed by atoms with E-state index >= 15 is 0 Å². The van der Waals surface area contributed by atoms with Gasteiger partial charge in [-0.15, -0.1) is 0 Å². The van der Waals surface area contributed by atoms with E-state index in [2.05, 4.69) is 56.4 Å². The van der Waals surface area contributed by atoms with Crippen molar-refractivity contribution in [2.75, 3.05) is 100 Å². The lowest BCUT2D eigenvalue weighted by Crippen LogP contribution is -2.55. The van der Waals surface area contributed by atoms with Gasteiger partial charge in [0.25, 0.3) is 0 Å². The lowest BCUT2D eigenvalue weighted by Gasteiger charge is -2.39. The number of ether oxygens (including phenoxy) is 2. The summed E-state index contributed by atoms with van der Waals surface area (Å²) in [5.41, 5.74) is 7.57. The molecule has 0 saturated carbocycles. The first-order valence-corrected chi connectivity index (χ1v) is 26.7. The Morgan fingerprint density at radius 2 is 1.35 bits per heavy atom. The Balaban J connectivity index is 0.00000264. The molecule has 24 nitrogen and oxygen atoms in total. The largest absolute Gasteiger partial charge is 0.379 e. The molecular formula is C53H93BN12O12. The molecule has 1 aliphatic rings. The van der Waals surface area contributed by atoms with Crippen molar-refractivity contribution in [3.05, 3.63) is 29.8 Å². The number of benzene rings is 1. The number of amides is 9. The summed E-state index contributed by atoms with van der Waals surface area (Å²) >= 11 is 0. The Kier molecular flexibility index (Phi) is 37.1. The number of hydrogen-bond acceptors (Lipinski definition) is 15. The van der Waals surface area contributed by atoms with E-state index in [4.69, 9.17) is 23.1 Å². The van der Waals surface area contributed by atoms with Crippen LogP contribution >= 0.6 is 0 Å². The van der Waals surface area contributed by atoms with Gasteiger partial charge in [0.15, 0.2) is 0 Å². The summed E-state index contributed by atoms with van der Waals surface area (Å²) in [6.45, 7) is 13.9. The normalized spacial score (nSPS) is 15.4. The predicted octanol–water partition coefficient (Wildman–Crippen LogP) is -0.894. The molecule has 1 heterocycles. The molecule has 8 unspecified atom stereocenters. The Hall–Kier alpha value is -6.02. The second-order valence-electron chi connectivity index (χ2n) is 19.6. The smallest absolute Gasteiger partial charge is 0.243 e. The second-order valence-corrected chi connectivity index (χ2v) is 19.6. The summed E-state index contributed by atoms with van der Waals surface area (Å²) in [5.74, 6) is -3.58. The number of likely N-dealkylation sites (tertiary alicyclic amines) is 1. The van der Waals surface area contributed by atoms with Crippen molar-refractivity contribution >= 4 is 73.0 Å². The van der Waals surface area contributed by atoms with E-state index in [1.807, 2.05) is 58.8 Å². The van der Waals surface area contributed by atoms with Crippen molar-refractivity contribution in [1.29, 1.82) is 0 Å². The van der Waals surface area contributed by atoms with Gasteiger partial charge in [-0.05, 0) is 76.3 Å². The highest BCUT2D eigenvalue weighted by Crippen LogP contribution is 2.29. The molecule has 1 saturated heterocycles. The monoisotopic (exact) mass is 1100 g/mol. The number of hydrogen-bond donors (Lipinski definition) is 9. The van der Waals surface area contributed by atoms with Gasteiger partial charge in [0.1, 0.15) is 6.29 Å². The van der Waals surface area contributed by atoms with Crippen molar-refractivity contribution in [2.45, 2.75) is 130 Å². The van der Waals surface area contributed by atoms with E-state index in [1.54, 1.807) is 57.2 Å². The molecule has 0 aromatic heterocycles. The number of carbonyl (C=O) groups is 10.